The molecule has 24 heavy (non-hydrogen) atoms. The number of benzene rings is 2. The minimum absolute atomic E-state index is 0.682. The summed E-state index contributed by atoms with van der Waals surface area (Å²) >= 11 is 8.60. The fourth-order valence-corrected chi connectivity index (χ4v) is 3.66. The van der Waals surface area contributed by atoms with Crippen molar-refractivity contribution in [1.29, 1.82) is 0 Å². The van der Waals surface area contributed by atoms with Crippen molar-refractivity contribution < 1.29 is 0 Å². The van der Waals surface area contributed by atoms with Gasteiger partial charge in [0.2, 0.25) is 0 Å². The van der Waals surface area contributed by atoms with Crippen LogP contribution in [-0.2, 0) is 12.3 Å². The van der Waals surface area contributed by atoms with Gasteiger partial charge in [0.1, 0.15) is 0 Å². The Hall–Kier alpha value is -1.37. The molecule has 3 rings (SSSR count). The Bertz CT molecular complexity index is 826. The Labute approximate surface area is 162 Å². The summed E-state index contributed by atoms with van der Waals surface area (Å²) in [5, 5.41) is 9.65. The van der Waals surface area contributed by atoms with Gasteiger partial charge in [-0.25, -0.2) is 0 Å². The van der Waals surface area contributed by atoms with E-state index in [-0.39, 0.29) is 0 Å². The Balaban J connectivity index is 1.84. The Morgan fingerprint density at radius 3 is 2.21 bits per heavy atom. The topological polar surface area (TPSA) is 30.7 Å². The van der Waals surface area contributed by atoms with E-state index in [1.807, 2.05) is 30.3 Å². The van der Waals surface area contributed by atoms with Crippen LogP contribution in [0.25, 0.3) is 11.4 Å². The predicted molar refractivity (Wildman–Crippen MR) is 107 cm³/mol. The van der Waals surface area contributed by atoms with Crippen molar-refractivity contribution in [3.05, 3.63) is 75.7 Å². The lowest BCUT2D eigenvalue weighted by atomic mass is 10.2. The van der Waals surface area contributed by atoms with Crippen LogP contribution in [0.5, 0.6) is 0 Å². The minimum Gasteiger partial charge on any atom is -0.298 e. The molecule has 1 heterocycles. The van der Waals surface area contributed by atoms with E-state index in [9.17, 15) is 0 Å². The quantitative estimate of drug-likeness (QED) is 0.333. The standard InChI is InChI=1S/C18H15Br2N3S/c1-2-11-23-17(14-5-9-16(20)10-6-14)21-22-18(23)24-12-13-3-7-15(19)8-4-13/h2-10H,1,11-12H2. The molecular weight excluding hydrogens is 450 g/mol. The van der Waals surface area contributed by atoms with Crippen LogP contribution in [0.1, 0.15) is 5.56 Å². The van der Waals surface area contributed by atoms with Gasteiger partial charge >= 0.3 is 0 Å². The van der Waals surface area contributed by atoms with Gasteiger partial charge in [-0.2, -0.15) is 0 Å². The Morgan fingerprint density at radius 2 is 1.58 bits per heavy atom. The summed E-state index contributed by atoms with van der Waals surface area (Å²) in [4.78, 5) is 0. The molecule has 3 nitrogen and oxygen atoms in total. The average Bonchev–Trinajstić information content (AvgIpc) is 2.98. The number of hydrogen-bond acceptors (Lipinski definition) is 3. The molecule has 122 valence electrons. The molecule has 2 aromatic carbocycles. The van der Waals surface area contributed by atoms with Crippen molar-refractivity contribution >= 4 is 43.6 Å². The average molecular weight is 465 g/mol. The first kappa shape index (κ1) is 17.5. The molecule has 0 saturated heterocycles. The van der Waals surface area contributed by atoms with E-state index in [0.717, 1.165) is 31.2 Å². The number of rotatable bonds is 6. The third kappa shape index (κ3) is 4.18. The molecule has 0 N–H and O–H groups in total. The van der Waals surface area contributed by atoms with E-state index in [2.05, 4.69) is 77.5 Å². The molecule has 0 saturated carbocycles. The molecule has 6 heteroatoms. The summed E-state index contributed by atoms with van der Waals surface area (Å²) < 4.78 is 4.23. The highest BCUT2D eigenvalue weighted by atomic mass is 79.9. The van der Waals surface area contributed by atoms with Crippen LogP contribution in [0.15, 0.2) is 75.3 Å². The maximum Gasteiger partial charge on any atom is 0.192 e. The Morgan fingerprint density at radius 1 is 0.958 bits per heavy atom. The van der Waals surface area contributed by atoms with Gasteiger partial charge in [-0.15, -0.1) is 16.8 Å². The van der Waals surface area contributed by atoms with E-state index in [0.29, 0.717) is 6.54 Å². The van der Waals surface area contributed by atoms with Crippen LogP contribution in [0, 0.1) is 0 Å². The van der Waals surface area contributed by atoms with Gasteiger partial charge in [0.25, 0.3) is 0 Å². The van der Waals surface area contributed by atoms with Crippen LogP contribution in [0.3, 0.4) is 0 Å². The van der Waals surface area contributed by atoms with Crippen molar-refractivity contribution in [2.75, 3.05) is 0 Å². The molecular formula is C18H15Br2N3S. The van der Waals surface area contributed by atoms with Crippen LogP contribution < -0.4 is 0 Å². The first-order valence-electron chi connectivity index (χ1n) is 7.34. The second kappa shape index (κ2) is 8.14. The summed E-state index contributed by atoms with van der Waals surface area (Å²) in [6.45, 7) is 4.54. The first-order chi connectivity index (χ1) is 11.7. The predicted octanol–water partition coefficient (Wildman–Crippen LogP) is 5.95. The van der Waals surface area contributed by atoms with Crippen molar-refractivity contribution in [3.63, 3.8) is 0 Å². The molecule has 0 atom stereocenters. The van der Waals surface area contributed by atoms with Gasteiger partial charge in [-0.1, -0.05) is 74.0 Å². The fraction of sp³-hybridized carbons (Fsp3) is 0.111. The zero-order valence-corrected chi connectivity index (χ0v) is 16.8. The van der Waals surface area contributed by atoms with Crippen LogP contribution >= 0.6 is 43.6 Å². The molecule has 0 amide bonds. The lowest BCUT2D eigenvalue weighted by Crippen LogP contribution is -2.00. The number of nitrogens with zero attached hydrogens (tertiary/aromatic N) is 3. The summed E-state index contributed by atoms with van der Waals surface area (Å²) in [6.07, 6.45) is 1.87. The smallest absolute Gasteiger partial charge is 0.192 e. The normalized spacial score (nSPS) is 10.8. The number of halogens is 2. The molecule has 0 spiro atoms. The van der Waals surface area contributed by atoms with Gasteiger partial charge in [-0.05, 0) is 29.8 Å². The molecule has 1 aromatic heterocycles. The number of hydrogen-bond donors (Lipinski definition) is 0. The van der Waals surface area contributed by atoms with Crippen molar-refractivity contribution in [2.45, 2.75) is 17.5 Å². The van der Waals surface area contributed by atoms with Crippen LogP contribution in [0.4, 0.5) is 0 Å². The van der Waals surface area contributed by atoms with Gasteiger partial charge in [0, 0.05) is 26.8 Å². The van der Waals surface area contributed by atoms with E-state index in [1.54, 1.807) is 11.8 Å². The van der Waals surface area contributed by atoms with E-state index < -0.39 is 0 Å². The molecule has 0 fully saturated rings. The lowest BCUT2D eigenvalue weighted by Gasteiger charge is -2.08. The second-order valence-corrected chi connectivity index (χ2v) is 7.90. The maximum atomic E-state index is 4.38. The molecule has 0 aliphatic heterocycles. The van der Waals surface area contributed by atoms with Gasteiger partial charge in [-0.3, -0.25) is 4.57 Å². The molecule has 0 radical (unpaired) electrons. The van der Waals surface area contributed by atoms with Crippen molar-refractivity contribution in [1.82, 2.24) is 14.8 Å². The van der Waals surface area contributed by atoms with Gasteiger partial charge in [0.05, 0.1) is 0 Å². The number of thioether (sulfide) groups is 1. The molecule has 0 aliphatic carbocycles. The lowest BCUT2D eigenvalue weighted by molar-refractivity contribution is 0.731. The highest BCUT2D eigenvalue weighted by Gasteiger charge is 2.13. The SMILES string of the molecule is C=CCn1c(SCc2ccc(Br)cc2)nnc1-c1ccc(Br)cc1. The van der Waals surface area contributed by atoms with E-state index >= 15 is 0 Å². The third-order valence-electron chi connectivity index (χ3n) is 3.41. The van der Waals surface area contributed by atoms with Crippen molar-refractivity contribution in [3.8, 4) is 11.4 Å². The maximum absolute atomic E-state index is 4.38. The zero-order chi connectivity index (χ0) is 16.9. The summed E-state index contributed by atoms with van der Waals surface area (Å²) in [5.74, 6) is 1.71. The fourth-order valence-electron chi connectivity index (χ4n) is 2.23. The number of aromatic nitrogens is 3. The zero-order valence-electron chi connectivity index (χ0n) is 12.8. The Kier molecular flexibility index (Phi) is 5.92. The van der Waals surface area contributed by atoms with Gasteiger partial charge in [0.15, 0.2) is 11.0 Å². The molecule has 0 aliphatic rings. The van der Waals surface area contributed by atoms with Crippen molar-refractivity contribution in [2.24, 2.45) is 0 Å². The molecule has 0 bridgehead atoms. The van der Waals surface area contributed by atoms with Crippen LogP contribution in [-0.4, -0.2) is 14.8 Å². The summed E-state index contributed by atoms with van der Waals surface area (Å²) in [7, 11) is 0. The summed E-state index contributed by atoms with van der Waals surface area (Å²) in [5.41, 5.74) is 2.30. The minimum atomic E-state index is 0.682. The second-order valence-electron chi connectivity index (χ2n) is 5.13. The first-order valence-corrected chi connectivity index (χ1v) is 9.92. The van der Waals surface area contributed by atoms with E-state index in [4.69, 9.17) is 0 Å². The monoisotopic (exact) mass is 463 g/mol. The molecule has 3 aromatic rings. The van der Waals surface area contributed by atoms with E-state index in [1.165, 1.54) is 5.56 Å². The van der Waals surface area contributed by atoms with Gasteiger partial charge < -0.3 is 0 Å². The third-order valence-corrected chi connectivity index (χ3v) is 5.51. The summed E-state index contributed by atoms with van der Waals surface area (Å²) in [6, 6.07) is 16.4. The highest BCUT2D eigenvalue weighted by Crippen LogP contribution is 2.27. The number of allylic oxidation sites excluding steroid dienone is 1. The van der Waals surface area contributed by atoms with Crippen LogP contribution in [0.2, 0.25) is 0 Å². The highest BCUT2D eigenvalue weighted by molar-refractivity contribution is 9.10. The largest absolute Gasteiger partial charge is 0.298 e. The molecule has 0 unspecified atom stereocenters.